The topological polar surface area (TPSA) is 46.2 Å². The second kappa shape index (κ2) is 6.81. The van der Waals surface area contributed by atoms with Crippen LogP contribution in [0.4, 0.5) is 0 Å². The molecule has 126 valence electrons. The van der Waals surface area contributed by atoms with Crippen molar-refractivity contribution in [3.8, 4) is 0 Å². The average molecular weight is 341 g/mol. The maximum atomic E-state index is 12.7. The Morgan fingerprint density at radius 2 is 1.75 bits per heavy atom. The molecule has 0 saturated heterocycles. The molecule has 3 rings (SSSR count). The summed E-state index contributed by atoms with van der Waals surface area (Å²) in [7, 11) is -3.55. The predicted octanol–water partition coefficient (Wildman–Crippen LogP) is 4.60. The Bertz CT molecular complexity index is 851. The molecule has 3 nitrogen and oxygen atoms in total. The van der Waals surface area contributed by atoms with Gasteiger partial charge in [-0.1, -0.05) is 61.7 Å². The van der Waals surface area contributed by atoms with Crippen molar-refractivity contribution in [1.82, 2.24) is 4.72 Å². The molecule has 1 N–H and O–H groups in total. The highest BCUT2D eigenvalue weighted by Gasteiger charge is 2.28. The first-order chi connectivity index (χ1) is 11.5. The number of fused-ring (bicyclic) bond motifs is 1. The number of aryl methyl sites for hydroxylation is 1. The molecule has 0 spiro atoms. The fourth-order valence-electron chi connectivity index (χ4n) is 3.15. The number of hydrogen-bond acceptors (Lipinski definition) is 2. The van der Waals surface area contributed by atoms with Crippen LogP contribution in [-0.2, 0) is 10.0 Å². The fraction of sp³-hybridized carbons (Fsp3) is 0.300. The summed E-state index contributed by atoms with van der Waals surface area (Å²) in [5.41, 5.74) is 4.15. The van der Waals surface area contributed by atoms with Crippen LogP contribution >= 0.6 is 0 Å². The van der Waals surface area contributed by atoms with Gasteiger partial charge >= 0.3 is 0 Å². The molecule has 2 aromatic carbocycles. The molecule has 2 aromatic rings. The molecule has 24 heavy (non-hydrogen) atoms. The maximum Gasteiger partial charge on any atom is 0.261 e. The molecule has 0 fully saturated rings. The Morgan fingerprint density at radius 3 is 2.46 bits per heavy atom. The van der Waals surface area contributed by atoms with E-state index >= 15 is 0 Å². The van der Waals surface area contributed by atoms with Crippen LogP contribution in [0.2, 0.25) is 0 Å². The summed E-state index contributed by atoms with van der Waals surface area (Å²) in [5, 5.41) is 0. The standard InChI is InChI=1S/C20H23NO2S/c1-3-4-8-19-18-9-6-5-7-16(18)14-20(19)21-24(22,23)17-12-10-15(2)11-13-17/h5-7,9-14,19,21H,3-4,8H2,1-2H3/t19-/m1/s1. The van der Waals surface area contributed by atoms with Crippen LogP contribution < -0.4 is 4.72 Å². The zero-order valence-corrected chi connectivity index (χ0v) is 14.9. The Hall–Kier alpha value is -2.07. The summed E-state index contributed by atoms with van der Waals surface area (Å²) in [6.07, 6.45) is 5.09. The Balaban J connectivity index is 1.89. The third-order valence-corrected chi connectivity index (χ3v) is 5.88. The number of nitrogens with one attached hydrogen (secondary N) is 1. The van der Waals surface area contributed by atoms with Gasteiger partial charge in [0.1, 0.15) is 0 Å². The van der Waals surface area contributed by atoms with Gasteiger partial charge in [0, 0.05) is 11.6 Å². The van der Waals surface area contributed by atoms with Gasteiger partial charge in [0.15, 0.2) is 0 Å². The van der Waals surface area contributed by atoms with Crippen LogP contribution in [0.5, 0.6) is 0 Å². The lowest BCUT2D eigenvalue weighted by Crippen LogP contribution is -2.25. The van der Waals surface area contributed by atoms with E-state index in [2.05, 4.69) is 17.7 Å². The summed E-state index contributed by atoms with van der Waals surface area (Å²) < 4.78 is 28.3. The minimum Gasteiger partial charge on any atom is -0.283 e. The number of hydrogen-bond donors (Lipinski definition) is 1. The van der Waals surface area contributed by atoms with Gasteiger partial charge in [-0.05, 0) is 42.7 Å². The molecule has 0 bridgehead atoms. The highest BCUT2D eigenvalue weighted by Crippen LogP contribution is 2.38. The minimum atomic E-state index is -3.55. The highest BCUT2D eigenvalue weighted by molar-refractivity contribution is 7.89. The Labute approximate surface area is 144 Å². The maximum absolute atomic E-state index is 12.7. The Kier molecular flexibility index (Phi) is 4.76. The van der Waals surface area contributed by atoms with Crippen molar-refractivity contribution in [3.63, 3.8) is 0 Å². The summed E-state index contributed by atoms with van der Waals surface area (Å²) >= 11 is 0. The van der Waals surface area contributed by atoms with E-state index in [1.54, 1.807) is 12.1 Å². The number of benzene rings is 2. The molecule has 1 atom stereocenters. The molecule has 0 unspecified atom stereocenters. The van der Waals surface area contributed by atoms with E-state index in [-0.39, 0.29) is 5.92 Å². The van der Waals surface area contributed by atoms with Gasteiger partial charge in [-0.3, -0.25) is 4.72 Å². The van der Waals surface area contributed by atoms with Gasteiger partial charge in [0.05, 0.1) is 4.90 Å². The number of unbranched alkanes of at least 4 members (excludes halogenated alkanes) is 1. The summed E-state index contributed by atoms with van der Waals surface area (Å²) in [6, 6.07) is 15.1. The molecule has 0 radical (unpaired) electrons. The molecule has 0 heterocycles. The summed E-state index contributed by atoms with van der Waals surface area (Å²) in [6.45, 7) is 4.10. The van der Waals surface area contributed by atoms with E-state index in [1.165, 1.54) is 5.56 Å². The smallest absolute Gasteiger partial charge is 0.261 e. The van der Waals surface area contributed by atoms with E-state index in [0.717, 1.165) is 36.1 Å². The third kappa shape index (κ3) is 3.39. The zero-order valence-electron chi connectivity index (χ0n) is 14.1. The van der Waals surface area contributed by atoms with Gasteiger partial charge in [-0.15, -0.1) is 0 Å². The highest BCUT2D eigenvalue weighted by atomic mass is 32.2. The molecule has 0 saturated carbocycles. The van der Waals surface area contributed by atoms with Crippen LogP contribution in [0.1, 0.15) is 48.8 Å². The van der Waals surface area contributed by atoms with Crippen molar-refractivity contribution in [2.75, 3.05) is 0 Å². The van der Waals surface area contributed by atoms with Crippen molar-refractivity contribution in [1.29, 1.82) is 0 Å². The molecule has 0 amide bonds. The number of rotatable bonds is 6. The minimum absolute atomic E-state index is 0.126. The molecule has 1 aliphatic carbocycles. The van der Waals surface area contributed by atoms with Crippen molar-refractivity contribution in [2.45, 2.75) is 43.9 Å². The first kappa shape index (κ1) is 16.8. The molecule has 0 aliphatic heterocycles. The summed E-state index contributed by atoms with van der Waals surface area (Å²) in [5.74, 6) is 0.126. The van der Waals surface area contributed by atoms with Crippen LogP contribution in [0.3, 0.4) is 0 Å². The quantitative estimate of drug-likeness (QED) is 0.834. The molecular weight excluding hydrogens is 318 g/mol. The number of sulfonamides is 1. The first-order valence-electron chi connectivity index (χ1n) is 8.41. The van der Waals surface area contributed by atoms with E-state index in [4.69, 9.17) is 0 Å². The van der Waals surface area contributed by atoms with Crippen LogP contribution in [-0.4, -0.2) is 8.42 Å². The van der Waals surface area contributed by atoms with E-state index in [9.17, 15) is 8.42 Å². The Morgan fingerprint density at radius 1 is 1.04 bits per heavy atom. The largest absolute Gasteiger partial charge is 0.283 e. The molecule has 4 heteroatoms. The average Bonchev–Trinajstić information content (AvgIpc) is 2.89. The first-order valence-corrected chi connectivity index (χ1v) is 9.89. The fourth-order valence-corrected chi connectivity index (χ4v) is 4.27. The van der Waals surface area contributed by atoms with Gasteiger partial charge < -0.3 is 0 Å². The van der Waals surface area contributed by atoms with Gasteiger partial charge in [-0.25, -0.2) is 8.42 Å². The van der Waals surface area contributed by atoms with E-state index < -0.39 is 10.0 Å². The predicted molar refractivity (Wildman–Crippen MR) is 98.2 cm³/mol. The molecular formula is C20H23NO2S. The lowest BCUT2D eigenvalue weighted by Gasteiger charge is -2.18. The lowest BCUT2D eigenvalue weighted by molar-refractivity contribution is 0.579. The van der Waals surface area contributed by atoms with Crippen molar-refractivity contribution in [2.24, 2.45) is 0 Å². The normalized spacial score (nSPS) is 16.6. The molecule has 0 aromatic heterocycles. The van der Waals surface area contributed by atoms with Crippen molar-refractivity contribution < 1.29 is 8.42 Å². The van der Waals surface area contributed by atoms with Gasteiger partial charge in [0.25, 0.3) is 10.0 Å². The lowest BCUT2D eigenvalue weighted by atomic mass is 9.94. The van der Waals surface area contributed by atoms with E-state index in [1.807, 2.05) is 43.3 Å². The van der Waals surface area contributed by atoms with Crippen LogP contribution in [0, 0.1) is 6.92 Å². The SMILES string of the molecule is CCCC[C@H]1C(NS(=O)(=O)c2ccc(C)cc2)=Cc2ccccc21. The second-order valence-corrected chi connectivity index (χ2v) is 8.02. The van der Waals surface area contributed by atoms with Crippen molar-refractivity contribution in [3.05, 3.63) is 70.9 Å². The van der Waals surface area contributed by atoms with Crippen molar-refractivity contribution >= 4 is 16.1 Å². The molecule has 1 aliphatic rings. The second-order valence-electron chi connectivity index (χ2n) is 6.34. The monoisotopic (exact) mass is 341 g/mol. The number of allylic oxidation sites excluding steroid dienone is 1. The van der Waals surface area contributed by atoms with E-state index in [0.29, 0.717) is 4.90 Å². The van der Waals surface area contributed by atoms with Crippen LogP contribution in [0.25, 0.3) is 6.08 Å². The van der Waals surface area contributed by atoms with Crippen LogP contribution in [0.15, 0.2) is 59.1 Å². The zero-order chi connectivity index (χ0) is 17.2. The summed E-state index contributed by atoms with van der Waals surface area (Å²) in [4.78, 5) is 0.305. The van der Waals surface area contributed by atoms with Gasteiger partial charge in [0.2, 0.25) is 0 Å². The van der Waals surface area contributed by atoms with Gasteiger partial charge in [-0.2, -0.15) is 0 Å². The third-order valence-electron chi connectivity index (χ3n) is 4.49.